The van der Waals surface area contributed by atoms with Crippen LogP contribution in [0.3, 0.4) is 0 Å². The molecule has 86 valence electrons. The zero-order chi connectivity index (χ0) is 11.1. The average molecular weight is 210 g/mol. The van der Waals surface area contributed by atoms with Gasteiger partial charge in [0.05, 0.1) is 13.2 Å². The SMILES string of the molecule is CCOC[C@H](O)[C@@H](O)[C@@H](O)[C@H](O)CO. The van der Waals surface area contributed by atoms with E-state index in [1.54, 1.807) is 6.92 Å². The molecule has 0 unspecified atom stereocenters. The molecule has 5 N–H and O–H groups in total. The van der Waals surface area contributed by atoms with Crippen molar-refractivity contribution in [3.8, 4) is 0 Å². The molecule has 0 saturated heterocycles. The maximum absolute atomic E-state index is 9.26. The Labute approximate surface area is 82.4 Å². The molecular formula is C8H18O6. The monoisotopic (exact) mass is 210 g/mol. The van der Waals surface area contributed by atoms with E-state index in [9.17, 15) is 15.3 Å². The molecule has 4 atom stereocenters. The van der Waals surface area contributed by atoms with E-state index >= 15 is 0 Å². The molecule has 0 aromatic heterocycles. The molecule has 0 aliphatic heterocycles. The zero-order valence-electron chi connectivity index (χ0n) is 8.08. The Morgan fingerprint density at radius 1 is 1.00 bits per heavy atom. The number of rotatable bonds is 7. The van der Waals surface area contributed by atoms with Crippen molar-refractivity contribution < 1.29 is 30.3 Å². The van der Waals surface area contributed by atoms with Crippen molar-refractivity contribution in [3.63, 3.8) is 0 Å². The fourth-order valence-corrected chi connectivity index (χ4v) is 0.900. The van der Waals surface area contributed by atoms with E-state index < -0.39 is 31.0 Å². The normalized spacial score (nSPS) is 20.1. The van der Waals surface area contributed by atoms with Crippen molar-refractivity contribution in [3.05, 3.63) is 0 Å². The minimum absolute atomic E-state index is 0.132. The quantitative estimate of drug-likeness (QED) is 0.316. The van der Waals surface area contributed by atoms with Gasteiger partial charge in [-0.3, -0.25) is 0 Å². The number of hydrogen-bond donors (Lipinski definition) is 5. The summed E-state index contributed by atoms with van der Waals surface area (Å²) in [5.41, 5.74) is 0. The minimum Gasteiger partial charge on any atom is -0.394 e. The molecule has 0 aliphatic rings. The van der Waals surface area contributed by atoms with Gasteiger partial charge in [-0.05, 0) is 6.92 Å². The summed E-state index contributed by atoms with van der Waals surface area (Å²) in [7, 11) is 0. The molecule has 0 saturated carbocycles. The van der Waals surface area contributed by atoms with Crippen molar-refractivity contribution in [2.75, 3.05) is 19.8 Å². The van der Waals surface area contributed by atoms with Gasteiger partial charge >= 0.3 is 0 Å². The van der Waals surface area contributed by atoms with Crippen molar-refractivity contribution in [1.29, 1.82) is 0 Å². The largest absolute Gasteiger partial charge is 0.394 e. The molecular weight excluding hydrogens is 192 g/mol. The fraction of sp³-hybridized carbons (Fsp3) is 1.00. The Morgan fingerprint density at radius 2 is 1.50 bits per heavy atom. The highest BCUT2D eigenvalue weighted by molar-refractivity contribution is 4.80. The highest BCUT2D eigenvalue weighted by Crippen LogP contribution is 2.05. The second kappa shape index (κ2) is 7.10. The van der Waals surface area contributed by atoms with Gasteiger partial charge in [-0.2, -0.15) is 0 Å². The topological polar surface area (TPSA) is 110 Å². The minimum atomic E-state index is -1.59. The highest BCUT2D eigenvalue weighted by Gasteiger charge is 2.29. The third kappa shape index (κ3) is 4.32. The Kier molecular flexibility index (Phi) is 6.98. The summed E-state index contributed by atoms with van der Waals surface area (Å²) in [5, 5.41) is 45.1. The van der Waals surface area contributed by atoms with Crippen molar-refractivity contribution >= 4 is 0 Å². The Bertz CT molecular complexity index is 142. The van der Waals surface area contributed by atoms with Crippen LogP contribution in [0.15, 0.2) is 0 Å². The van der Waals surface area contributed by atoms with Crippen LogP contribution in [0.2, 0.25) is 0 Å². The summed E-state index contributed by atoms with van der Waals surface area (Å²) in [4.78, 5) is 0. The van der Waals surface area contributed by atoms with Gasteiger partial charge in [-0.15, -0.1) is 0 Å². The molecule has 6 nitrogen and oxygen atoms in total. The molecule has 0 fully saturated rings. The third-order valence-corrected chi connectivity index (χ3v) is 1.82. The van der Waals surface area contributed by atoms with Crippen molar-refractivity contribution in [1.82, 2.24) is 0 Å². The van der Waals surface area contributed by atoms with Crippen LogP contribution < -0.4 is 0 Å². The first-order chi connectivity index (χ1) is 6.54. The van der Waals surface area contributed by atoms with Gasteiger partial charge in [0.1, 0.15) is 24.4 Å². The average Bonchev–Trinajstić information content (AvgIpc) is 2.22. The maximum atomic E-state index is 9.26. The van der Waals surface area contributed by atoms with E-state index in [1.165, 1.54) is 0 Å². The van der Waals surface area contributed by atoms with E-state index in [4.69, 9.17) is 14.9 Å². The van der Waals surface area contributed by atoms with Crippen LogP contribution in [-0.4, -0.2) is 69.8 Å². The van der Waals surface area contributed by atoms with Crippen LogP contribution >= 0.6 is 0 Å². The molecule has 0 bridgehead atoms. The molecule has 0 radical (unpaired) electrons. The summed E-state index contributed by atoms with van der Waals surface area (Å²) in [6.07, 6.45) is -5.88. The highest BCUT2D eigenvalue weighted by atomic mass is 16.5. The van der Waals surface area contributed by atoms with E-state index in [0.29, 0.717) is 6.61 Å². The fourth-order valence-electron chi connectivity index (χ4n) is 0.900. The van der Waals surface area contributed by atoms with Crippen LogP contribution in [0, 0.1) is 0 Å². The van der Waals surface area contributed by atoms with Crippen LogP contribution in [0.25, 0.3) is 0 Å². The molecule has 6 heteroatoms. The van der Waals surface area contributed by atoms with Crippen molar-refractivity contribution in [2.24, 2.45) is 0 Å². The number of aliphatic hydroxyl groups excluding tert-OH is 5. The first kappa shape index (κ1) is 13.8. The van der Waals surface area contributed by atoms with E-state index in [-0.39, 0.29) is 6.61 Å². The van der Waals surface area contributed by atoms with Gasteiger partial charge in [0.25, 0.3) is 0 Å². The lowest BCUT2D eigenvalue weighted by Gasteiger charge is -2.25. The predicted octanol–water partition coefficient (Wildman–Crippen LogP) is -2.54. The molecule has 0 aromatic carbocycles. The van der Waals surface area contributed by atoms with Crippen LogP contribution in [0.1, 0.15) is 6.92 Å². The van der Waals surface area contributed by atoms with Gasteiger partial charge in [-0.25, -0.2) is 0 Å². The third-order valence-electron chi connectivity index (χ3n) is 1.82. The first-order valence-corrected chi connectivity index (χ1v) is 4.45. The number of hydrogen-bond acceptors (Lipinski definition) is 6. The Balaban J connectivity index is 3.95. The summed E-state index contributed by atoms with van der Waals surface area (Å²) >= 11 is 0. The second-order valence-corrected chi connectivity index (χ2v) is 2.96. The van der Waals surface area contributed by atoms with E-state index in [0.717, 1.165) is 0 Å². The summed E-state index contributed by atoms with van der Waals surface area (Å²) in [6.45, 7) is 1.28. The number of aliphatic hydroxyl groups is 5. The van der Waals surface area contributed by atoms with Crippen LogP contribution in [0.4, 0.5) is 0 Å². The van der Waals surface area contributed by atoms with E-state index in [2.05, 4.69) is 0 Å². The van der Waals surface area contributed by atoms with Crippen LogP contribution in [0.5, 0.6) is 0 Å². The maximum Gasteiger partial charge on any atom is 0.111 e. The molecule has 0 aromatic rings. The molecule has 0 amide bonds. The lowest BCUT2D eigenvalue weighted by Crippen LogP contribution is -2.47. The molecule has 0 aliphatic carbocycles. The first-order valence-electron chi connectivity index (χ1n) is 4.45. The van der Waals surface area contributed by atoms with Gasteiger partial charge in [-0.1, -0.05) is 0 Å². The smallest absolute Gasteiger partial charge is 0.111 e. The van der Waals surface area contributed by atoms with E-state index in [1.807, 2.05) is 0 Å². The molecule has 0 heterocycles. The molecule has 14 heavy (non-hydrogen) atoms. The Morgan fingerprint density at radius 3 is 1.93 bits per heavy atom. The second-order valence-electron chi connectivity index (χ2n) is 2.96. The predicted molar refractivity (Wildman–Crippen MR) is 47.6 cm³/mol. The standard InChI is InChI=1S/C8H18O6/c1-2-14-4-6(11)8(13)7(12)5(10)3-9/h5-13H,2-4H2,1H3/t5-,6+,7+,8-/m1/s1. The van der Waals surface area contributed by atoms with Crippen molar-refractivity contribution in [2.45, 2.75) is 31.3 Å². The van der Waals surface area contributed by atoms with Gasteiger partial charge in [0, 0.05) is 6.61 Å². The van der Waals surface area contributed by atoms with Crippen LogP contribution in [-0.2, 0) is 4.74 Å². The zero-order valence-corrected chi connectivity index (χ0v) is 8.08. The lowest BCUT2D eigenvalue weighted by atomic mass is 10.0. The summed E-state index contributed by atoms with van der Waals surface area (Å²) < 4.78 is 4.81. The summed E-state index contributed by atoms with van der Waals surface area (Å²) in [5.74, 6) is 0. The molecule has 0 rings (SSSR count). The summed E-state index contributed by atoms with van der Waals surface area (Å²) in [6, 6.07) is 0. The molecule has 0 spiro atoms. The van der Waals surface area contributed by atoms with Gasteiger partial charge in [0.2, 0.25) is 0 Å². The lowest BCUT2D eigenvalue weighted by molar-refractivity contribution is -0.128. The van der Waals surface area contributed by atoms with Gasteiger partial charge < -0.3 is 30.3 Å². The Hall–Kier alpha value is -0.240. The number of ether oxygens (including phenoxy) is 1. The van der Waals surface area contributed by atoms with Gasteiger partial charge in [0.15, 0.2) is 0 Å².